The van der Waals surface area contributed by atoms with Gasteiger partial charge in [0.1, 0.15) is 0 Å². The van der Waals surface area contributed by atoms with Gasteiger partial charge >= 0.3 is 0 Å². The highest BCUT2D eigenvalue weighted by Gasteiger charge is 2.15. The van der Waals surface area contributed by atoms with Crippen molar-refractivity contribution in [2.45, 2.75) is 25.9 Å². The van der Waals surface area contributed by atoms with Crippen molar-refractivity contribution in [1.82, 2.24) is 4.90 Å². The number of hydrogen-bond acceptors (Lipinski definition) is 4. The minimum atomic E-state index is 0.265. The van der Waals surface area contributed by atoms with Crippen molar-refractivity contribution in [3.63, 3.8) is 0 Å². The molecule has 0 fully saturated rings. The third-order valence-electron chi connectivity index (χ3n) is 4.23. The van der Waals surface area contributed by atoms with Gasteiger partial charge in [-0.15, -0.1) is 0 Å². The van der Waals surface area contributed by atoms with Gasteiger partial charge in [-0.25, -0.2) is 0 Å². The monoisotopic (exact) mass is 322 g/mol. The predicted octanol–water partition coefficient (Wildman–Crippen LogP) is 3.43. The Morgan fingerprint density at radius 1 is 1.17 bits per heavy atom. The maximum atomic E-state index is 9.39. The van der Waals surface area contributed by atoms with Gasteiger partial charge in [-0.05, 0) is 63.3 Å². The minimum absolute atomic E-state index is 0.265. The molecule has 1 unspecified atom stereocenters. The van der Waals surface area contributed by atoms with Crippen LogP contribution in [0, 0.1) is 18.3 Å². The normalized spacial score (nSPS) is 12.0. The summed E-state index contributed by atoms with van der Waals surface area (Å²) in [5.41, 5.74) is 11.0. The standard InChI is InChI=1S/C20H26N4/c1-15-4-8-19(9-5-15)23-14-18-12-16(6-7-17(18)13-22)20(10-11-21)24(2)3/h4-9,12,20,23H,10-11,14,21H2,1-3H3. The van der Waals surface area contributed by atoms with E-state index in [4.69, 9.17) is 5.73 Å². The average molecular weight is 322 g/mol. The maximum absolute atomic E-state index is 9.39. The zero-order valence-corrected chi connectivity index (χ0v) is 14.7. The molecule has 2 aromatic rings. The van der Waals surface area contributed by atoms with E-state index in [1.165, 1.54) is 11.1 Å². The molecular weight excluding hydrogens is 296 g/mol. The smallest absolute Gasteiger partial charge is 0.0995 e. The number of nitrogens with zero attached hydrogens (tertiary/aromatic N) is 2. The molecule has 4 nitrogen and oxygen atoms in total. The summed E-state index contributed by atoms with van der Waals surface area (Å²) in [5, 5.41) is 12.8. The molecule has 0 amide bonds. The van der Waals surface area contributed by atoms with Crippen LogP contribution in [0.1, 0.15) is 34.7 Å². The summed E-state index contributed by atoms with van der Waals surface area (Å²) in [6, 6.07) is 16.9. The van der Waals surface area contributed by atoms with Gasteiger partial charge in [0.15, 0.2) is 0 Å². The molecule has 4 heteroatoms. The van der Waals surface area contributed by atoms with Crippen LogP contribution in [0.5, 0.6) is 0 Å². The summed E-state index contributed by atoms with van der Waals surface area (Å²) in [6.45, 7) is 3.34. The first-order chi connectivity index (χ1) is 11.5. The van der Waals surface area contributed by atoms with Crippen molar-refractivity contribution in [3.05, 3.63) is 64.7 Å². The van der Waals surface area contributed by atoms with Crippen molar-refractivity contribution in [2.75, 3.05) is 26.0 Å². The lowest BCUT2D eigenvalue weighted by molar-refractivity contribution is 0.287. The van der Waals surface area contributed by atoms with Gasteiger partial charge in [0, 0.05) is 18.3 Å². The van der Waals surface area contributed by atoms with Crippen LogP contribution in [-0.2, 0) is 6.54 Å². The number of hydrogen-bond donors (Lipinski definition) is 2. The lowest BCUT2D eigenvalue weighted by Crippen LogP contribution is -2.23. The molecule has 2 aromatic carbocycles. The van der Waals surface area contributed by atoms with Crippen LogP contribution in [0.3, 0.4) is 0 Å². The Morgan fingerprint density at radius 2 is 1.88 bits per heavy atom. The van der Waals surface area contributed by atoms with Gasteiger partial charge in [-0.3, -0.25) is 0 Å². The van der Waals surface area contributed by atoms with Crippen LogP contribution in [-0.4, -0.2) is 25.5 Å². The van der Waals surface area contributed by atoms with Gasteiger partial charge in [-0.1, -0.05) is 29.8 Å². The van der Waals surface area contributed by atoms with Crippen LogP contribution < -0.4 is 11.1 Å². The van der Waals surface area contributed by atoms with Crippen molar-refractivity contribution < 1.29 is 0 Å². The molecule has 126 valence electrons. The lowest BCUT2D eigenvalue weighted by Gasteiger charge is -2.25. The average Bonchev–Trinajstić information content (AvgIpc) is 2.58. The largest absolute Gasteiger partial charge is 0.381 e. The van der Waals surface area contributed by atoms with Gasteiger partial charge < -0.3 is 16.0 Å². The van der Waals surface area contributed by atoms with E-state index >= 15 is 0 Å². The fourth-order valence-electron chi connectivity index (χ4n) is 2.83. The number of nitrogens with one attached hydrogen (secondary N) is 1. The summed E-state index contributed by atoms with van der Waals surface area (Å²) in [4.78, 5) is 2.17. The molecule has 0 saturated heterocycles. The van der Waals surface area contributed by atoms with Crippen molar-refractivity contribution >= 4 is 5.69 Å². The maximum Gasteiger partial charge on any atom is 0.0995 e. The zero-order valence-electron chi connectivity index (χ0n) is 14.7. The molecule has 0 heterocycles. The highest BCUT2D eigenvalue weighted by molar-refractivity contribution is 5.48. The number of benzene rings is 2. The molecule has 0 bridgehead atoms. The Bertz CT molecular complexity index is 699. The van der Waals surface area contributed by atoms with Crippen molar-refractivity contribution in [3.8, 4) is 6.07 Å². The molecule has 24 heavy (non-hydrogen) atoms. The minimum Gasteiger partial charge on any atom is -0.381 e. The second-order valence-corrected chi connectivity index (χ2v) is 6.30. The van der Waals surface area contributed by atoms with Crippen LogP contribution in [0.25, 0.3) is 0 Å². The second-order valence-electron chi connectivity index (χ2n) is 6.30. The first-order valence-electron chi connectivity index (χ1n) is 8.25. The van der Waals surface area contributed by atoms with E-state index in [0.717, 1.165) is 17.7 Å². The third kappa shape index (κ3) is 4.58. The molecule has 0 aliphatic rings. The molecule has 3 N–H and O–H groups in total. The Hall–Kier alpha value is -2.35. The predicted molar refractivity (Wildman–Crippen MR) is 99.8 cm³/mol. The SMILES string of the molecule is Cc1ccc(NCc2cc(C(CCN)N(C)C)ccc2C#N)cc1. The highest BCUT2D eigenvalue weighted by Crippen LogP contribution is 2.24. The Morgan fingerprint density at radius 3 is 2.46 bits per heavy atom. The zero-order chi connectivity index (χ0) is 17.5. The Balaban J connectivity index is 2.22. The van der Waals surface area contributed by atoms with E-state index in [1.807, 2.05) is 12.1 Å². The van der Waals surface area contributed by atoms with Crippen molar-refractivity contribution in [2.24, 2.45) is 5.73 Å². The van der Waals surface area contributed by atoms with Crippen LogP contribution in [0.4, 0.5) is 5.69 Å². The molecular formula is C20H26N4. The molecule has 0 radical (unpaired) electrons. The quantitative estimate of drug-likeness (QED) is 0.819. The summed E-state index contributed by atoms with van der Waals surface area (Å²) in [6.07, 6.45) is 0.893. The first-order valence-corrected chi connectivity index (χ1v) is 8.25. The van der Waals surface area contributed by atoms with Gasteiger partial charge in [0.05, 0.1) is 11.6 Å². The number of aryl methyl sites for hydroxylation is 1. The number of rotatable bonds is 7. The molecule has 0 aromatic heterocycles. The first kappa shape index (κ1) is 18.0. The highest BCUT2D eigenvalue weighted by atomic mass is 15.1. The topological polar surface area (TPSA) is 65.1 Å². The van der Waals surface area contributed by atoms with Gasteiger partial charge in [0.2, 0.25) is 0 Å². The van der Waals surface area contributed by atoms with Gasteiger partial charge in [0.25, 0.3) is 0 Å². The molecule has 0 spiro atoms. The van der Waals surface area contributed by atoms with E-state index in [2.05, 4.69) is 67.6 Å². The van der Waals surface area contributed by atoms with E-state index in [0.29, 0.717) is 18.7 Å². The summed E-state index contributed by atoms with van der Waals surface area (Å²) >= 11 is 0. The van der Waals surface area contributed by atoms with Crippen LogP contribution in [0.2, 0.25) is 0 Å². The molecule has 0 aliphatic heterocycles. The molecule has 0 aliphatic carbocycles. The van der Waals surface area contributed by atoms with E-state index in [-0.39, 0.29) is 6.04 Å². The van der Waals surface area contributed by atoms with E-state index < -0.39 is 0 Å². The fraction of sp³-hybridized carbons (Fsp3) is 0.350. The third-order valence-corrected chi connectivity index (χ3v) is 4.23. The second kappa shape index (κ2) is 8.49. The number of nitrogens with two attached hydrogens (primary N) is 1. The van der Waals surface area contributed by atoms with Gasteiger partial charge in [-0.2, -0.15) is 5.26 Å². The summed E-state index contributed by atoms with van der Waals surface area (Å²) in [5.74, 6) is 0. The van der Waals surface area contributed by atoms with Crippen LogP contribution in [0.15, 0.2) is 42.5 Å². The fourth-order valence-corrected chi connectivity index (χ4v) is 2.83. The lowest BCUT2D eigenvalue weighted by atomic mass is 9.97. The number of nitriles is 1. The van der Waals surface area contributed by atoms with Crippen molar-refractivity contribution in [1.29, 1.82) is 5.26 Å². The Labute approximate surface area is 144 Å². The Kier molecular flexibility index (Phi) is 6.36. The number of anilines is 1. The summed E-state index contributed by atoms with van der Waals surface area (Å²) < 4.78 is 0. The van der Waals surface area contributed by atoms with Crippen LogP contribution >= 0.6 is 0 Å². The molecule has 1 atom stereocenters. The van der Waals surface area contributed by atoms with E-state index in [1.54, 1.807) is 0 Å². The van der Waals surface area contributed by atoms with E-state index in [9.17, 15) is 5.26 Å². The summed E-state index contributed by atoms with van der Waals surface area (Å²) in [7, 11) is 4.12. The molecule has 2 rings (SSSR count). The molecule has 0 saturated carbocycles.